The number of hydrogen-bond donors (Lipinski definition) is 1. The fraction of sp³-hybridized carbons (Fsp3) is 0.214. The second kappa shape index (κ2) is 5.94. The molecule has 2 nitrogen and oxygen atoms in total. The van der Waals surface area contributed by atoms with Crippen LogP contribution in [0.3, 0.4) is 0 Å². The molecule has 0 fully saturated rings. The third-order valence-corrected chi connectivity index (χ3v) is 3.02. The Morgan fingerprint density at radius 2 is 1.94 bits per heavy atom. The van der Waals surface area contributed by atoms with Gasteiger partial charge >= 0.3 is 0 Å². The maximum atomic E-state index is 13.2. The van der Waals surface area contributed by atoms with Gasteiger partial charge in [0.05, 0.1) is 10.7 Å². The van der Waals surface area contributed by atoms with Gasteiger partial charge in [0.2, 0.25) is 0 Å². The minimum atomic E-state index is -0.385. The minimum Gasteiger partial charge on any atom is -0.307 e. The summed E-state index contributed by atoms with van der Waals surface area (Å²) in [5.41, 5.74) is 2.70. The van der Waals surface area contributed by atoms with Crippen LogP contribution in [0.2, 0.25) is 5.02 Å². The lowest BCUT2D eigenvalue weighted by Crippen LogP contribution is -2.14. The van der Waals surface area contributed by atoms with E-state index in [0.717, 1.165) is 17.0 Å². The Morgan fingerprint density at radius 3 is 2.72 bits per heavy atom. The molecule has 2 rings (SSSR count). The molecule has 0 atom stereocenters. The van der Waals surface area contributed by atoms with Crippen LogP contribution in [0.5, 0.6) is 0 Å². The first-order valence-corrected chi connectivity index (χ1v) is 6.11. The zero-order valence-corrected chi connectivity index (χ0v) is 10.8. The van der Waals surface area contributed by atoms with Crippen molar-refractivity contribution in [3.8, 4) is 0 Å². The van der Waals surface area contributed by atoms with Gasteiger partial charge in [-0.1, -0.05) is 29.8 Å². The van der Waals surface area contributed by atoms with Crippen LogP contribution >= 0.6 is 11.6 Å². The molecule has 0 saturated heterocycles. The van der Waals surface area contributed by atoms with Crippen molar-refractivity contribution in [2.24, 2.45) is 0 Å². The van der Waals surface area contributed by atoms with Crippen LogP contribution in [0.25, 0.3) is 0 Å². The molecule has 0 amide bonds. The van der Waals surface area contributed by atoms with Gasteiger partial charge in [-0.05, 0) is 30.7 Å². The molecule has 0 aliphatic carbocycles. The molecule has 0 spiro atoms. The van der Waals surface area contributed by atoms with Gasteiger partial charge < -0.3 is 5.32 Å². The maximum Gasteiger partial charge on any atom is 0.142 e. The Hall–Kier alpha value is -1.45. The summed E-state index contributed by atoms with van der Waals surface area (Å²) in [7, 11) is 0. The molecule has 94 valence electrons. The van der Waals surface area contributed by atoms with E-state index >= 15 is 0 Å². The third kappa shape index (κ3) is 3.28. The SMILES string of the molecule is Cc1cccc(CNCc2cccc(F)c2Cl)n1. The number of hydrogen-bond acceptors (Lipinski definition) is 2. The Kier molecular flexibility index (Phi) is 4.28. The summed E-state index contributed by atoms with van der Waals surface area (Å²) in [6.45, 7) is 3.10. The van der Waals surface area contributed by atoms with Crippen molar-refractivity contribution >= 4 is 11.6 Å². The van der Waals surface area contributed by atoms with Crippen LogP contribution in [-0.4, -0.2) is 4.98 Å². The number of aryl methyl sites for hydroxylation is 1. The molecule has 4 heteroatoms. The van der Waals surface area contributed by atoms with Crippen molar-refractivity contribution in [1.29, 1.82) is 0 Å². The predicted octanol–water partition coefficient (Wildman–Crippen LogP) is 3.47. The summed E-state index contributed by atoms with van der Waals surface area (Å²) in [6, 6.07) is 10.7. The van der Waals surface area contributed by atoms with Crippen molar-refractivity contribution in [2.45, 2.75) is 20.0 Å². The molecular weight excluding hydrogens is 251 g/mol. The van der Waals surface area contributed by atoms with E-state index in [-0.39, 0.29) is 10.8 Å². The Labute approximate surface area is 111 Å². The highest BCUT2D eigenvalue weighted by atomic mass is 35.5. The zero-order chi connectivity index (χ0) is 13.0. The lowest BCUT2D eigenvalue weighted by Gasteiger charge is -2.07. The third-order valence-electron chi connectivity index (χ3n) is 2.60. The molecule has 0 saturated carbocycles. The Balaban J connectivity index is 1.94. The zero-order valence-electron chi connectivity index (χ0n) is 10.1. The van der Waals surface area contributed by atoms with Gasteiger partial charge in [0.25, 0.3) is 0 Å². The van der Waals surface area contributed by atoms with E-state index in [9.17, 15) is 4.39 Å². The van der Waals surface area contributed by atoms with Crippen molar-refractivity contribution in [1.82, 2.24) is 10.3 Å². The van der Waals surface area contributed by atoms with E-state index in [4.69, 9.17) is 11.6 Å². The number of benzene rings is 1. The van der Waals surface area contributed by atoms with Crippen molar-refractivity contribution in [2.75, 3.05) is 0 Å². The molecular formula is C14H14ClFN2. The summed E-state index contributed by atoms with van der Waals surface area (Å²) in [6.07, 6.45) is 0. The molecule has 1 aromatic carbocycles. The van der Waals surface area contributed by atoms with Gasteiger partial charge in [-0.3, -0.25) is 4.98 Å². The fourth-order valence-corrected chi connectivity index (χ4v) is 1.90. The Bertz CT molecular complexity index is 543. The van der Waals surface area contributed by atoms with Gasteiger partial charge in [-0.15, -0.1) is 0 Å². The van der Waals surface area contributed by atoms with E-state index in [1.54, 1.807) is 6.07 Å². The number of nitrogens with one attached hydrogen (secondary N) is 1. The molecule has 0 unspecified atom stereocenters. The molecule has 1 N–H and O–H groups in total. The largest absolute Gasteiger partial charge is 0.307 e. The van der Waals surface area contributed by atoms with Crippen LogP contribution in [0, 0.1) is 12.7 Å². The molecule has 2 aromatic rings. The highest BCUT2D eigenvalue weighted by Gasteiger charge is 2.04. The van der Waals surface area contributed by atoms with Gasteiger partial charge in [0.15, 0.2) is 0 Å². The first kappa shape index (κ1) is 13.0. The number of pyridine rings is 1. The van der Waals surface area contributed by atoms with Crippen LogP contribution in [0.15, 0.2) is 36.4 Å². The van der Waals surface area contributed by atoms with Gasteiger partial charge in [-0.25, -0.2) is 4.39 Å². The Morgan fingerprint density at radius 1 is 1.17 bits per heavy atom. The van der Waals surface area contributed by atoms with Crippen LogP contribution in [-0.2, 0) is 13.1 Å². The normalized spacial score (nSPS) is 10.6. The van der Waals surface area contributed by atoms with E-state index in [0.29, 0.717) is 13.1 Å². The van der Waals surface area contributed by atoms with E-state index in [1.807, 2.05) is 31.2 Å². The fourth-order valence-electron chi connectivity index (χ4n) is 1.71. The summed E-state index contributed by atoms with van der Waals surface area (Å²) < 4.78 is 13.2. The van der Waals surface area contributed by atoms with E-state index < -0.39 is 0 Å². The molecule has 0 aliphatic heterocycles. The second-order valence-electron chi connectivity index (χ2n) is 4.09. The van der Waals surface area contributed by atoms with Crippen LogP contribution in [0.4, 0.5) is 4.39 Å². The smallest absolute Gasteiger partial charge is 0.142 e. The average molecular weight is 265 g/mol. The molecule has 1 aromatic heterocycles. The maximum absolute atomic E-state index is 13.2. The van der Waals surface area contributed by atoms with Gasteiger partial charge in [0, 0.05) is 18.8 Å². The number of halogens is 2. The first-order valence-electron chi connectivity index (χ1n) is 5.73. The highest BCUT2D eigenvalue weighted by Crippen LogP contribution is 2.19. The quantitative estimate of drug-likeness (QED) is 0.915. The molecule has 0 bridgehead atoms. The van der Waals surface area contributed by atoms with Gasteiger partial charge in [-0.2, -0.15) is 0 Å². The molecule has 0 aliphatic rings. The standard InChI is InChI=1S/C14H14ClFN2/c1-10-4-2-6-12(18-10)9-17-8-11-5-3-7-13(16)14(11)15/h2-7,17H,8-9H2,1H3. The topological polar surface area (TPSA) is 24.9 Å². The van der Waals surface area contributed by atoms with Crippen molar-refractivity contribution in [3.63, 3.8) is 0 Å². The van der Waals surface area contributed by atoms with E-state index in [2.05, 4.69) is 10.3 Å². The molecule has 0 radical (unpaired) electrons. The minimum absolute atomic E-state index is 0.183. The monoisotopic (exact) mass is 264 g/mol. The molecule has 1 heterocycles. The summed E-state index contributed by atoms with van der Waals surface area (Å²) in [5, 5.41) is 3.38. The second-order valence-corrected chi connectivity index (χ2v) is 4.46. The first-order chi connectivity index (χ1) is 8.66. The lowest BCUT2D eigenvalue weighted by atomic mass is 10.2. The predicted molar refractivity (Wildman–Crippen MR) is 70.9 cm³/mol. The highest BCUT2D eigenvalue weighted by molar-refractivity contribution is 6.31. The lowest BCUT2D eigenvalue weighted by molar-refractivity contribution is 0.619. The van der Waals surface area contributed by atoms with Gasteiger partial charge in [0.1, 0.15) is 5.82 Å². The number of aromatic nitrogens is 1. The molecule has 18 heavy (non-hydrogen) atoms. The summed E-state index contributed by atoms with van der Waals surface area (Å²) in [4.78, 5) is 4.37. The van der Waals surface area contributed by atoms with Crippen molar-refractivity contribution in [3.05, 3.63) is 64.2 Å². The van der Waals surface area contributed by atoms with Crippen LogP contribution in [0.1, 0.15) is 17.0 Å². The summed E-state index contributed by atoms with van der Waals surface area (Å²) >= 11 is 5.87. The average Bonchev–Trinajstić information content (AvgIpc) is 2.35. The summed E-state index contributed by atoms with van der Waals surface area (Å²) in [5.74, 6) is -0.385. The van der Waals surface area contributed by atoms with E-state index in [1.165, 1.54) is 6.07 Å². The van der Waals surface area contributed by atoms with Crippen LogP contribution < -0.4 is 5.32 Å². The van der Waals surface area contributed by atoms with Crippen molar-refractivity contribution < 1.29 is 4.39 Å². The number of rotatable bonds is 4. The number of nitrogens with zero attached hydrogens (tertiary/aromatic N) is 1.